The van der Waals surface area contributed by atoms with Crippen molar-refractivity contribution in [3.05, 3.63) is 16.4 Å². The number of anilines is 1. The molecule has 5 heteroatoms. The molecule has 1 saturated heterocycles. The maximum Gasteiger partial charge on any atom is 0.139 e. The highest BCUT2D eigenvalue weighted by Crippen LogP contribution is 2.05. The van der Waals surface area contributed by atoms with E-state index >= 15 is 0 Å². The van der Waals surface area contributed by atoms with Crippen molar-refractivity contribution in [3.63, 3.8) is 0 Å². The molecule has 2 N–H and O–H groups in total. The summed E-state index contributed by atoms with van der Waals surface area (Å²) in [5, 5.41) is 1.55. The Morgan fingerprint density at radius 1 is 1.26 bits per heavy atom. The molecular weight excluding hydrogens is 240 g/mol. The average Bonchev–Trinajstić information content (AvgIpc) is 2.44. The molecule has 0 atom stereocenters. The van der Waals surface area contributed by atoms with Crippen molar-refractivity contribution in [1.82, 2.24) is 9.97 Å². The second kappa shape index (κ2) is 7.09. The Morgan fingerprint density at radius 2 is 1.84 bits per heavy atom. The van der Waals surface area contributed by atoms with Gasteiger partial charge in [0.15, 0.2) is 0 Å². The van der Waals surface area contributed by atoms with Crippen molar-refractivity contribution in [2.24, 2.45) is 5.73 Å². The van der Waals surface area contributed by atoms with Crippen molar-refractivity contribution in [2.75, 3.05) is 31.2 Å². The number of aryl methyl sites for hydroxylation is 1. The van der Waals surface area contributed by atoms with Crippen LogP contribution in [-0.2, 0) is 4.74 Å². The van der Waals surface area contributed by atoms with Crippen LogP contribution < -0.4 is 21.2 Å². The predicted molar refractivity (Wildman–Crippen MR) is 79.2 cm³/mol. The highest BCUT2D eigenvalue weighted by molar-refractivity contribution is 5.46. The molecule has 1 fully saturated rings. The van der Waals surface area contributed by atoms with Crippen LogP contribution in [0.3, 0.4) is 0 Å². The van der Waals surface area contributed by atoms with E-state index in [-0.39, 0.29) is 0 Å². The van der Waals surface area contributed by atoms with Gasteiger partial charge in [-0.15, -0.1) is 0 Å². The van der Waals surface area contributed by atoms with Crippen molar-refractivity contribution in [2.45, 2.75) is 27.7 Å². The first-order valence-electron chi connectivity index (χ1n) is 6.72. The lowest BCUT2D eigenvalue weighted by atomic mass is 10.3. The van der Waals surface area contributed by atoms with Crippen LogP contribution in [0.2, 0.25) is 0 Å². The summed E-state index contributed by atoms with van der Waals surface area (Å²) in [6, 6.07) is 0. The van der Waals surface area contributed by atoms with E-state index in [1.165, 1.54) is 0 Å². The number of morpholine rings is 1. The molecule has 1 aliphatic heterocycles. The minimum atomic E-state index is 0.676. The highest BCUT2D eigenvalue weighted by atomic mass is 16.5. The molecule has 0 aliphatic carbocycles. The second-order valence-corrected chi connectivity index (χ2v) is 4.20. The van der Waals surface area contributed by atoms with Gasteiger partial charge in [-0.05, 0) is 13.8 Å². The van der Waals surface area contributed by atoms with E-state index in [0.717, 1.165) is 48.5 Å². The third-order valence-corrected chi connectivity index (χ3v) is 2.78. The maximum absolute atomic E-state index is 5.83. The fraction of sp³-hybridized carbons (Fsp3) is 0.571. The molecule has 0 spiro atoms. The zero-order valence-corrected chi connectivity index (χ0v) is 12.4. The Balaban J connectivity index is 0.000000861. The Morgan fingerprint density at radius 3 is 2.37 bits per heavy atom. The molecule has 1 aromatic heterocycles. The van der Waals surface area contributed by atoms with E-state index in [4.69, 9.17) is 10.5 Å². The van der Waals surface area contributed by atoms with Gasteiger partial charge in [0.2, 0.25) is 0 Å². The van der Waals surface area contributed by atoms with E-state index in [9.17, 15) is 0 Å². The molecule has 2 heterocycles. The summed E-state index contributed by atoms with van der Waals surface area (Å²) in [5.41, 5.74) is 6.50. The largest absolute Gasteiger partial charge is 0.401 e. The molecule has 0 saturated carbocycles. The molecule has 5 nitrogen and oxygen atoms in total. The summed E-state index contributed by atoms with van der Waals surface area (Å²) in [6.45, 7) is 14.9. The zero-order valence-electron chi connectivity index (χ0n) is 12.4. The quantitative estimate of drug-likeness (QED) is 0.782. The van der Waals surface area contributed by atoms with Crippen LogP contribution in [0.15, 0.2) is 0 Å². The Kier molecular flexibility index (Phi) is 5.76. The van der Waals surface area contributed by atoms with E-state index < -0.39 is 0 Å². The van der Waals surface area contributed by atoms with Crippen molar-refractivity contribution < 1.29 is 4.74 Å². The highest BCUT2D eigenvalue weighted by Gasteiger charge is 2.14. The van der Waals surface area contributed by atoms with Gasteiger partial charge < -0.3 is 15.4 Å². The van der Waals surface area contributed by atoms with Crippen molar-refractivity contribution in [1.29, 1.82) is 0 Å². The maximum atomic E-state index is 5.83. The fourth-order valence-electron chi connectivity index (χ4n) is 1.94. The number of aromatic nitrogens is 2. The average molecular weight is 264 g/mol. The Hall–Kier alpha value is -1.62. The third kappa shape index (κ3) is 3.67. The van der Waals surface area contributed by atoms with E-state index in [2.05, 4.69) is 21.4 Å². The standard InChI is InChI=1S/C12H18N4O.C2H6/c1-8-11(9(2)13)14-10(3)15-12(8)16-4-6-17-7-5-16;1-2/h1,4-7,13H2,2-3H3;1-2H3/b11-9-;. The number of nitrogens with zero attached hydrogens (tertiary/aromatic N) is 3. The Bertz CT molecular complexity index is 517. The first-order chi connectivity index (χ1) is 9.09. The first kappa shape index (κ1) is 15.4. The van der Waals surface area contributed by atoms with E-state index in [1.54, 1.807) is 0 Å². The van der Waals surface area contributed by atoms with Crippen LogP contribution in [-0.4, -0.2) is 36.3 Å². The fourth-order valence-corrected chi connectivity index (χ4v) is 1.94. The molecule has 106 valence electrons. The lowest BCUT2D eigenvalue weighted by Gasteiger charge is -2.28. The van der Waals surface area contributed by atoms with Gasteiger partial charge in [-0.25, -0.2) is 9.97 Å². The molecule has 2 rings (SSSR count). The van der Waals surface area contributed by atoms with E-state index in [1.807, 2.05) is 27.7 Å². The van der Waals surface area contributed by atoms with Gasteiger partial charge in [-0.3, -0.25) is 0 Å². The van der Waals surface area contributed by atoms with Crippen LogP contribution in [0.5, 0.6) is 0 Å². The summed E-state index contributed by atoms with van der Waals surface area (Å²) in [4.78, 5) is 11.0. The van der Waals surface area contributed by atoms with Gasteiger partial charge in [-0.2, -0.15) is 0 Å². The molecule has 0 unspecified atom stereocenters. The van der Waals surface area contributed by atoms with Gasteiger partial charge in [0, 0.05) is 24.0 Å². The molecular formula is C14H24N4O. The molecule has 0 bridgehead atoms. The topological polar surface area (TPSA) is 64.3 Å². The van der Waals surface area contributed by atoms with Gasteiger partial charge in [0.05, 0.1) is 18.6 Å². The summed E-state index contributed by atoms with van der Waals surface area (Å²) in [6.07, 6.45) is 0. The molecule has 0 radical (unpaired) electrons. The molecule has 19 heavy (non-hydrogen) atoms. The summed E-state index contributed by atoms with van der Waals surface area (Å²) in [5.74, 6) is 1.60. The minimum Gasteiger partial charge on any atom is -0.401 e. The monoisotopic (exact) mass is 264 g/mol. The lowest BCUT2D eigenvalue weighted by molar-refractivity contribution is 0.122. The smallest absolute Gasteiger partial charge is 0.139 e. The number of hydrogen-bond donors (Lipinski definition) is 1. The van der Waals surface area contributed by atoms with Crippen LogP contribution in [0.1, 0.15) is 26.6 Å². The Labute approximate surface area is 114 Å². The minimum absolute atomic E-state index is 0.676. The summed E-state index contributed by atoms with van der Waals surface area (Å²) >= 11 is 0. The number of nitrogens with two attached hydrogens (primary N) is 1. The lowest BCUT2D eigenvalue weighted by Crippen LogP contribution is -2.44. The predicted octanol–water partition coefficient (Wildman–Crippen LogP) is 0.145. The van der Waals surface area contributed by atoms with E-state index in [0.29, 0.717) is 5.70 Å². The number of ether oxygens (including phenoxy) is 1. The van der Waals surface area contributed by atoms with Crippen molar-refractivity contribution >= 4 is 18.1 Å². The van der Waals surface area contributed by atoms with Gasteiger partial charge in [0.1, 0.15) is 11.6 Å². The van der Waals surface area contributed by atoms with Gasteiger partial charge in [-0.1, -0.05) is 20.4 Å². The second-order valence-electron chi connectivity index (χ2n) is 4.20. The van der Waals surface area contributed by atoms with Crippen LogP contribution in [0, 0.1) is 6.92 Å². The number of hydrogen-bond acceptors (Lipinski definition) is 5. The van der Waals surface area contributed by atoms with Crippen LogP contribution in [0.25, 0.3) is 12.3 Å². The SMILES string of the molecule is C=c1c(N2CCOCC2)nc(C)n/c1=C(/C)N.CC. The molecule has 1 aromatic rings. The zero-order chi connectivity index (χ0) is 14.4. The molecule has 1 aliphatic rings. The third-order valence-electron chi connectivity index (χ3n) is 2.78. The van der Waals surface area contributed by atoms with Crippen LogP contribution >= 0.6 is 0 Å². The number of rotatable bonds is 1. The first-order valence-corrected chi connectivity index (χ1v) is 6.72. The van der Waals surface area contributed by atoms with Gasteiger partial charge >= 0.3 is 0 Å². The van der Waals surface area contributed by atoms with Gasteiger partial charge in [0.25, 0.3) is 0 Å². The normalized spacial score (nSPS) is 16.5. The molecule has 0 amide bonds. The molecule has 0 aromatic carbocycles. The van der Waals surface area contributed by atoms with Crippen LogP contribution in [0.4, 0.5) is 5.82 Å². The van der Waals surface area contributed by atoms with Crippen molar-refractivity contribution in [3.8, 4) is 0 Å². The summed E-state index contributed by atoms with van der Waals surface area (Å²) in [7, 11) is 0. The summed E-state index contributed by atoms with van der Waals surface area (Å²) < 4.78 is 5.33.